The number of nitrogens with one attached hydrogen (secondary N) is 2. The number of nitrogens with zero attached hydrogens (tertiary/aromatic N) is 2. The number of carboxylic acids is 1. The molecule has 2 rings (SSSR count). The van der Waals surface area contributed by atoms with Crippen molar-refractivity contribution in [1.82, 2.24) is 20.5 Å². The van der Waals surface area contributed by atoms with Crippen LogP contribution in [-0.2, 0) is 0 Å². The lowest BCUT2D eigenvalue weighted by atomic mass is 10.3. The van der Waals surface area contributed by atoms with Crippen LogP contribution in [0.5, 0.6) is 0 Å². The minimum Gasteiger partial charge on any atom is -0.476 e. The molecule has 0 spiro atoms. The highest BCUT2D eigenvalue weighted by molar-refractivity contribution is 7.09. The van der Waals surface area contributed by atoms with E-state index in [1.54, 1.807) is 6.92 Å². The summed E-state index contributed by atoms with van der Waals surface area (Å²) in [7, 11) is 0. The highest BCUT2D eigenvalue weighted by atomic mass is 32.1. The molecule has 8 nitrogen and oxygen atoms in total. The van der Waals surface area contributed by atoms with Gasteiger partial charge in [0.2, 0.25) is 0 Å². The van der Waals surface area contributed by atoms with Crippen LogP contribution >= 0.6 is 11.3 Å². The van der Waals surface area contributed by atoms with Gasteiger partial charge in [-0.15, -0.1) is 11.3 Å². The monoisotopic (exact) mass is 294 g/mol. The molecule has 0 aliphatic rings. The molecule has 1 unspecified atom stereocenters. The highest BCUT2D eigenvalue weighted by Gasteiger charge is 2.17. The summed E-state index contributed by atoms with van der Waals surface area (Å²) in [4.78, 5) is 37.3. The van der Waals surface area contributed by atoms with Gasteiger partial charge in [-0.1, -0.05) is 0 Å². The van der Waals surface area contributed by atoms with Crippen LogP contribution in [0.25, 0.3) is 0 Å². The van der Waals surface area contributed by atoms with E-state index in [4.69, 9.17) is 5.11 Å². The van der Waals surface area contributed by atoms with E-state index in [2.05, 4.69) is 20.5 Å². The van der Waals surface area contributed by atoms with Crippen LogP contribution in [0.1, 0.15) is 39.0 Å². The number of aromatic carboxylic acids is 1. The van der Waals surface area contributed by atoms with Gasteiger partial charge in [-0.2, -0.15) is 5.10 Å². The standard InChI is InChI=1S/C11H10N4O4S/c1-5(10-13-7(4-20-10)11(18)19)12-9(17)6-2-3-8(16)15-14-6/h2-5H,1H3,(H,12,17)(H,15,16)(H,18,19). The van der Waals surface area contributed by atoms with Gasteiger partial charge in [-0.25, -0.2) is 14.9 Å². The average molecular weight is 294 g/mol. The summed E-state index contributed by atoms with van der Waals surface area (Å²) < 4.78 is 0. The maximum atomic E-state index is 11.8. The number of carboxylic acid groups (broad SMARTS) is 1. The van der Waals surface area contributed by atoms with Crippen LogP contribution in [0.2, 0.25) is 0 Å². The fourth-order valence-electron chi connectivity index (χ4n) is 1.39. The topological polar surface area (TPSA) is 125 Å². The molecule has 0 saturated heterocycles. The number of H-pyrrole nitrogens is 1. The number of carbonyl (C=O) groups excluding carboxylic acids is 1. The number of rotatable bonds is 4. The maximum absolute atomic E-state index is 11.8. The minimum atomic E-state index is -1.12. The van der Waals surface area contributed by atoms with Gasteiger partial charge in [0.1, 0.15) is 10.7 Å². The summed E-state index contributed by atoms with van der Waals surface area (Å²) in [5.74, 6) is -1.60. The Morgan fingerprint density at radius 1 is 1.40 bits per heavy atom. The van der Waals surface area contributed by atoms with Crippen LogP contribution in [0.4, 0.5) is 0 Å². The molecule has 1 amide bonds. The molecule has 0 aliphatic heterocycles. The molecule has 0 fully saturated rings. The van der Waals surface area contributed by atoms with Gasteiger partial charge in [0.05, 0.1) is 6.04 Å². The van der Waals surface area contributed by atoms with Crippen LogP contribution in [0.15, 0.2) is 22.3 Å². The van der Waals surface area contributed by atoms with Gasteiger partial charge in [-0.3, -0.25) is 9.59 Å². The van der Waals surface area contributed by atoms with Gasteiger partial charge in [-0.05, 0) is 13.0 Å². The van der Waals surface area contributed by atoms with Gasteiger partial charge >= 0.3 is 5.97 Å². The maximum Gasteiger partial charge on any atom is 0.355 e. The molecule has 3 N–H and O–H groups in total. The highest BCUT2D eigenvalue weighted by Crippen LogP contribution is 2.18. The van der Waals surface area contributed by atoms with E-state index in [0.717, 1.165) is 11.3 Å². The Morgan fingerprint density at radius 3 is 2.70 bits per heavy atom. The summed E-state index contributed by atoms with van der Waals surface area (Å²) in [6.07, 6.45) is 0. The second-order valence-electron chi connectivity index (χ2n) is 3.88. The average Bonchev–Trinajstić information content (AvgIpc) is 2.89. The van der Waals surface area contributed by atoms with Crippen LogP contribution < -0.4 is 10.9 Å². The van der Waals surface area contributed by atoms with Crippen molar-refractivity contribution in [1.29, 1.82) is 0 Å². The first-order chi connectivity index (χ1) is 9.47. The van der Waals surface area contributed by atoms with Gasteiger partial charge in [0.15, 0.2) is 5.69 Å². The second-order valence-corrected chi connectivity index (χ2v) is 4.77. The molecule has 0 bridgehead atoms. The summed E-state index contributed by atoms with van der Waals surface area (Å²) in [5.41, 5.74) is -0.402. The lowest BCUT2D eigenvalue weighted by molar-refractivity contribution is 0.0691. The van der Waals surface area contributed by atoms with E-state index in [9.17, 15) is 14.4 Å². The predicted octanol–water partition coefficient (Wildman–Crippen LogP) is 0.416. The van der Waals surface area contributed by atoms with Crippen LogP contribution in [-0.4, -0.2) is 32.2 Å². The molecule has 0 saturated carbocycles. The molecule has 1 atom stereocenters. The summed E-state index contributed by atoms with van der Waals surface area (Å²) in [6, 6.07) is 2.03. The van der Waals surface area contributed by atoms with Gasteiger partial charge in [0, 0.05) is 11.4 Å². The third-order valence-corrected chi connectivity index (χ3v) is 3.40. The van der Waals surface area contributed by atoms with Gasteiger partial charge < -0.3 is 10.4 Å². The zero-order valence-corrected chi connectivity index (χ0v) is 11.1. The Balaban J connectivity index is 2.08. The number of aromatic amines is 1. The number of amides is 1. The first-order valence-corrected chi connectivity index (χ1v) is 6.40. The van der Waals surface area contributed by atoms with E-state index in [1.165, 1.54) is 17.5 Å². The Morgan fingerprint density at radius 2 is 2.15 bits per heavy atom. The molecule has 0 radical (unpaired) electrons. The Hall–Kier alpha value is -2.55. The molecule has 2 aromatic rings. The van der Waals surface area contributed by atoms with Crippen molar-refractivity contribution in [3.63, 3.8) is 0 Å². The molecule has 0 aliphatic carbocycles. The molecule has 2 aromatic heterocycles. The molecular weight excluding hydrogens is 284 g/mol. The van der Waals surface area contributed by atoms with Crippen molar-refractivity contribution in [2.45, 2.75) is 13.0 Å². The number of hydrogen-bond donors (Lipinski definition) is 3. The third-order valence-electron chi connectivity index (χ3n) is 2.37. The quantitative estimate of drug-likeness (QED) is 0.750. The molecule has 2 heterocycles. The predicted molar refractivity (Wildman–Crippen MR) is 69.8 cm³/mol. The van der Waals surface area contributed by atoms with E-state index < -0.39 is 23.5 Å². The van der Waals surface area contributed by atoms with Crippen molar-refractivity contribution in [3.05, 3.63) is 44.3 Å². The van der Waals surface area contributed by atoms with Crippen LogP contribution in [0, 0.1) is 0 Å². The zero-order valence-electron chi connectivity index (χ0n) is 10.3. The van der Waals surface area contributed by atoms with E-state index >= 15 is 0 Å². The zero-order chi connectivity index (χ0) is 14.7. The fraction of sp³-hybridized carbons (Fsp3) is 0.182. The molecule has 0 aromatic carbocycles. The van der Waals surface area contributed by atoms with E-state index in [0.29, 0.717) is 5.01 Å². The molecular formula is C11H10N4O4S. The fourth-order valence-corrected chi connectivity index (χ4v) is 2.19. The van der Waals surface area contributed by atoms with E-state index in [-0.39, 0.29) is 11.4 Å². The number of aromatic nitrogens is 3. The second kappa shape index (κ2) is 5.61. The molecule has 20 heavy (non-hydrogen) atoms. The lowest BCUT2D eigenvalue weighted by Crippen LogP contribution is -2.28. The number of hydrogen-bond acceptors (Lipinski definition) is 6. The third kappa shape index (κ3) is 3.06. The van der Waals surface area contributed by atoms with Gasteiger partial charge in [0.25, 0.3) is 11.5 Å². The molecule has 104 valence electrons. The van der Waals surface area contributed by atoms with E-state index in [1.807, 2.05) is 0 Å². The Kier molecular flexibility index (Phi) is 3.89. The van der Waals surface area contributed by atoms with Crippen molar-refractivity contribution in [2.75, 3.05) is 0 Å². The largest absolute Gasteiger partial charge is 0.476 e. The summed E-state index contributed by atoms with van der Waals surface area (Å²) >= 11 is 1.14. The Labute approximate surface area is 116 Å². The normalized spacial score (nSPS) is 11.8. The Bertz CT molecular complexity index is 688. The first-order valence-electron chi connectivity index (χ1n) is 5.52. The SMILES string of the molecule is CC(NC(=O)c1ccc(=O)[nH]n1)c1nc(C(=O)O)cs1. The van der Waals surface area contributed by atoms with Crippen molar-refractivity contribution >= 4 is 23.2 Å². The first kappa shape index (κ1) is 13.9. The minimum absolute atomic E-state index is 0.0615. The summed E-state index contributed by atoms with van der Waals surface area (Å²) in [5, 5.41) is 19.0. The number of thiazole rings is 1. The van der Waals surface area contributed by atoms with Crippen molar-refractivity contribution in [3.8, 4) is 0 Å². The lowest BCUT2D eigenvalue weighted by Gasteiger charge is -2.10. The molecule has 9 heteroatoms. The smallest absolute Gasteiger partial charge is 0.355 e. The van der Waals surface area contributed by atoms with Crippen molar-refractivity contribution < 1.29 is 14.7 Å². The van der Waals surface area contributed by atoms with Crippen molar-refractivity contribution in [2.24, 2.45) is 0 Å². The van der Waals surface area contributed by atoms with Crippen LogP contribution in [0.3, 0.4) is 0 Å². The number of carbonyl (C=O) groups is 2. The summed E-state index contributed by atoms with van der Waals surface area (Å²) in [6.45, 7) is 1.67.